The van der Waals surface area contributed by atoms with E-state index in [1.807, 2.05) is 13.8 Å². The molecule has 1 saturated carbocycles. The molecule has 138 valence electrons. The van der Waals surface area contributed by atoms with Crippen LogP contribution < -0.4 is 10.6 Å². The van der Waals surface area contributed by atoms with E-state index >= 15 is 0 Å². The molecule has 1 fully saturated rings. The molecule has 0 saturated heterocycles. The Kier molecular flexibility index (Phi) is 10.1. The molecule has 1 atom stereocenters. The van der Waals surface area contributed by atoms with Gasteiger partial charge in [-0.05, 0) is 25.7 Å². The molecule has 0 unspecified atom stereocenters. The molecule has 0 aromatic heterocycles. The lowest BCUT2D eigenvalue weighted by Gasteiger charge is -2.20. The first-order valence-corrected chi connectivity index (χ1v) is 10.1. The Bertz CT molecular complexity index is 420. The molecule has 1 rings (SSSR count). The summed E-state index contributed by atoms with van der Waals surface area (Å²) in [6, 6.07) is -0.166. The highest BCUT2D eigenvalue weighted by molar-refractivity contribution is 8.13. The van der Waals surface area contributed by atoms with Gasteiger partial charge in [0.15, 0.2) is 5.12 Å². The van der Waals surface area contributed by atoms with E-state index in [9.17, 15) is 14.4 Å². The van der Waals surface area contributed by atoms with Crippen molar-refractivity contribution in [3.63, 3.8) is 0 Å². The van der Waals surface area contributed by atoms with Crippen LogP contribution in [0.15, 0.2) is 0 Å². The van der Waals surface area contributed by atoms with Crippen molar-refractivity contribution in [2.24, 2.45) is 5.92 Å². The molecule has 24 heavy (non-hydrogen) atoms. The van der Waals surface area contributed by atoms with E-state index in [-0.39, 0.29) is 28.9 Å². The standard InChI is InChI=1S/C18H32N2O3S/c1-13(2)18(23)24-12-8-4-5-11-16(19-14(3)21)17(22)20-15-9-6-7-10-15/h13,15-16H,4-12H2,1-3H3,(H,19,21)(H,20,22)/t16-/m0/s1. The Hall–Kier alpha value is -1.04. The van der Waals surface area contributed by atoms with E-state index in [0.717, 1.165) is 37.9 Å². The van der Waals surface area contributed by atoms with Gasteiger partial charge in [-0.25, -0.2) is 0 Å². The molecule has 0 heterocycles. The van der Waals surface area contributed by atoms with Crippen molar-refractivity contribution < 1.29 is 14.4 Å². The van der Waals surface area contributed by atoms with Crippen molar-refractivity contribution in [2.45, 2.75) is 84.2 Å². The average Bonchev–Trinajstić information content (AvgIpc) is 3.01. The van der Waals surface area contributed by atoms with Crippen molar-refractivity contribution in [1.29, 1.82) is 0 Å². The number of rotatable bonds is 10. The summed E-state index contributed by atoms with van der Waals surface area (Å²) in [7, 11) is 0. The molecule has 6 heteroatoms. The molecule has 0 bridgehead atoms. The van der Waals surface area contributed by atoms with Gasteiger partial charge in [0.25, 0.3) is 0 Å². The van der Waals surface area contributed by atoms with Crippen molar-refractivity contribution in [3.05, 3.63) is 0 Å². The smallest absolute Gasteiger partial charge is 0.242 e. The minimum Gasteiger partial charge on any atom is -0.352 e. The maximum Gasteiger partial charge on any atom is 0.242 e. The lowest BCUT2D eigenvalue weighted by atomic mass is 10.1. The summed E-state index contributed by atoms with van der Waals surface area (Å²) >= 11 is 1.39. The van der Waals surface area contributed by atoms with E-state index < -0.39 is 6.04 Å². The first-order chi connectivity index (χ1) is 11.4. The summed E-state index contributed by atoms with van der Waals surface area (Å²) < 4.78 is 0. The fourth-order valence-electron chi connectivity index (χ4n) is 2.85. The zero-order valence-corrected chi connectivity index (χ0v) is 16.0. The molecular weight excluding hydrogens is 324 g/mol. The van der Waals surface area contributed by atoms with Crippen LogP contribution in [0.25, 0.3) is 0 Å². The number of amides is 2. The number of nitrogens with one attached hydrogen (secondary N) is 2. The lowest BCUT2D eigenvalue weighted by Crippen LogP contribution is -2.48. The highest BCUT2D eigenvalue weighted by Crippen LogP contribution is 2.18. The van der Waals surface area contributed by atoms with Crippen LogP contribution in [0.2, 0.25) is 0 Å². The third-order valence-corrected chi connectivity index (χ3v) is 5.50. The van der Waals surface area contributed by atoms with Gasteiger partial charge >= 0.3 is 0 Å². The number of carbonyl (C=O) groups is 3. The van der Waals surface area contributed by atoms with Crippen LogP contribution in [0.4, 0.5) is 0 Å². The van der Waals surface area contributed by atoms with E-state index in [2.05, 4.69) is 10.6 Å². The Balaban J connectivity index is 2.25. The predicted octanol–water partition coefficient (Wildman–Crippen LogP) is 3.03. The topological polar surface area (TPSA) is 75.3 Å². The Morgan fingerprint density at radius 1 is 1.08 bits per heavy atom. The van der Waals surface area contributed by atoms with Gasteiger partial charge in [0.05, 0.1) is 0 Å². The average molecular weight is 357 g/mol. The molecule has 2 amide bonds. The van der Waals surface area contributed by atoms with Crippen LogP contribution in [0.1, 0.15) is 72.1 Å². The number of thioether (sulfide) groups is 1. The highest BCUT2D eigenvalue weighted by Gasteiger charge is 2.23. The van der Waals surface area contributed by atoms with Gasteiger partial charge in [0.1, 0.15) is 6.04 Å². The summed E-state index contributed by atoms with van der Waals surface area (Å²) in [6.45, 7) is 5.27. The molecule has 5 nitrogen and oxygen atoms in total. The molecule has 0 radical (unpaired) electrons. The fraction of sp³-hybridized carbons (Fsp3) is 0.833. The number of hydrogen-bond donors (Lipinski definition) is 2. The first-order valence-electron chi connectivity index (χ1n) is 9.14. The van der Waals surface area contributed by atoms with E-state index in [1.54, 1.807) is 0 Å². The zero-order valence-electron chi connectivity index (χ0n) is 15.2. The van der Waals surface area contributed by atoms with Crippen molar-refractivity contribution in [2.75, 3.05) is 5.75 Å². The maximum absolute atomic E-state index is 12.3. The number of hydrogen-bond acceptors (Lipinski definition) is 4. The molecular formula is C18H32N2O3S. The van der Waals surface area contributed by atoms with Gasteiger partial charge in [-0.15, -0.1) is 0 Å². The van der Waals surface area contributed by atoms with E-state index in [0.29, 0.717) is 6.42 Å². The number of unbranched alkanes of at least 4 members (excludes halogenated alkanes) is 2. The molecule has 2 N–H and O–H groups in total. The predicted molar refractivity (Wildman–Crippen MR) is 98.8 cm³/mol. The quantitative estimate of drug-likeness (QED) is 0.590. The summed E-state index contributed by atoms with van der Waals surface area (Å²) in [5, 5.41) is 6.07. The van der Waals surface area contributed by atoms with Crippen LogP contribution >= 0.6 is 11.8 Å². The molecule has 0 aromatic rings. The minimum atomic E-state index is -0.437. The number of carbonyl (C=O) groups excluding carboxylic acids is 3. The van der Waals surface area contributed by atoms with Gasteiger partial charge in [-0.2, -0.15) is 0 Å². The Labute approximate surface area is 150 Å². The van der Waals surface area contributed by atoms with Crippen molar-refractivity contribution in [3.8, 4) is 0 Å². The van der Waals surface area contributed by atoms with Gasteiger partial charge < -0.3 is 10.6 Å². The molecule has 0 spiro atoms. The van der Waals surface area contributed by atoms with Crippen LogP contribution in [0, 0.1) is 5.92 Å². The van der Waals surface area contributed by atoms with Gasteiger partial charge in [-0.3, -0.25) is 14.4 Å². The third-order valence-electron chi connectivity index (χ3n) is 4.25. The van der Waals surface area contributed by atoms with Crippen molar-refractivity contribution in [1.82, 2.24) is 10.6 Å². The van der Waals surface area contributed by atoms with Crippen molar-refractivity contribution >= 4 is 28.7 Å². The van der Waals surface area contributed by atoms with Gasteiger partial charge in [0.2, 0.25) is 11.8 Å². The molecule has 0 aromatic carbocycles. The summed E-state index contributed by atoms with van der Waals surface area (Å²) in [5.74, 6) is 0.690. The molecule has 0 aliphatic heterocycles. The highest BCUT2D eigenvalue weighted by atomic mass is 32.2. The second-order valence-corrected chi connectivity index (χ2v) is 8.01. The normalized spacial score (nSPS) is 16.2. The summed E-state index contributed by atoms with van der Waals surface area (Å²) in [5.41, 5.74) is 0. The minimum absolute atomic E-state index is 0.0542. The van der Waals surface area contributed by atoms with Crippen LogP contribution in [-0.4, -0.2) is 34.8 Å². The zero-order chi connectivity index (χ0) is 17.9. The maximum atomic E-state index is 12.3. The second-order valence-electron chi connectivity index (χ2n) is 6.91. The van der Waals surface area contributed by atoms with Crippen LogP contribution in [0.5, 0.6) is 0 Å². The fourth-order valence-corrected chi connectivity index (χ4v) is 3.74. The first kappa shape index (κ1) is 21.0. The summed E-state index contributed by atoms with van der Waals surface area (Å²) in [6.07, 6.45) is 7.87. The van der Waals surface area contributed by atoms with Gasteiger partial charge in [-0.1, -0.05) is 51.3 Å². The van der Waals surface area contributed by atoms with Gasteiger partial charge in [0, 0.05) is 24.6 Å². The monoisotopic (exact) mass is 356 g/mol. The summed E-state index contributed by atoms with van der Waals surface area (Å²) in [4.78, 5) is 35.2. The third kappa shape index (κ3) is 8.71. The molecule has 1 aliphatic rings. The van der Waals surface area contributed by atoms with Crippen LogP contribution in [-0.2, 0) is 14.4 Å². The largest absolute Gasteiger partial charge is 0.352 e. The second kappa shape index (κ2) is 11.5. The van der Waals surface area contributed by atoms with E-state index in [1.165, 1.54) is 31.5 Å². The molecule has 1 aliphatic carbocycles. The van der Waals surface area contributed by atoms with Crippen LogP contribution in [0.3, 0.4) is 0 Å². The lowest BCUT2D eigenvalue weighted by molar-refractivity contribution is -0.128. The SMILES string of the molecule is CC(=O)N[C@@H](CCCCCSC(=O)C(C)C)C(=O)NC1CCCC1. The Morgan fingerprint density at radius 2 is 1.75 bits per heavy atom. The van der Waals surface area contributed by atoms with E-state index in [4.69, 9.17) is 0 Å². The Morgan fingerprint density at radius 3 is 2.33 bits per heavy atom.